The Kier molecular flexibility index (Phi) is 7.26. The molecule has 0 fully saturated rings. The minimum atomic E-state index is -0.351. The molecule has 0 saturated heterocycles. The van der Waals surface area contributed by atoms with Crippen LogP contribution in [0.15, 0.2) is 53.7 Å². The third-order valence-electron chi connectivity index (χ3n) is 4.78. The molecule has 1 atom stereocenters. The van der Waals surface area contributed by atoms with Crippen LogP contribution in [-0.2, 0) is 18.3 Å². The van der Waals surface area contributed by atoms with E-state index in [-0.39, 0.29) is 23.5 Å². The maximum atomic E-state index is 14.0. The van der Waals surface area contributed by atoms with Gasteiger partial charge >= 0.3 is 0 Å². The first-order valence-corrected chi connectivity index (χ1v) is 11.0. The zero-order valence-corrected chi connectivity index (χ0v) is 18.5. The molecule has 1 N–H and O–H groups in total. The molecule has 2 aromatic carbocycles. The van der Waals surface area contributed by atoms with Crippen LogP contribution in [0.3, 0.4) is 0 Å². The largest absolute Gasteiger partial charge is 0.349 e. The molecule has 1 aromatic heterocycles. The number of hydrogen-bond donors (Lipinski definition) is 1. The van der Waals surface area contributed by atoms with Gasteiger partial charge in [0.25, 0.3) is 0 Å². The van der Waals surface area contributed by atoms with Gasteiger partial charge in [-0.2, -0.15) is 0 Å². The highest BCUT2D eigenvalue weighted by atomic mass is 32.2. The average Bonchev–Trinajstić information content (AvgIpc) is 3.07. The predicted octanol–water partition coefficient (Wildman–Crippen LogP) is 4.79. The van der Waals surface area contributed by atoms with E-state index in [9.17, 15) is 9.18 Å². The number of nitrogens with zero attached hydrogens (tertiary/aromatic N) is 3. The van der Waals surface area contributed by atoms with Gasteiger partial charge in [-0.1, -0.05) is 62.0 Å². The summed E-state index contributed by atoms with van der Waals surface area (Å²) in [6.07, 6.45) is 1.05. The highest BCUT2D eigenvalue weighted by Gasteiger charge is 2.16. The van der Waals surface area contributed by atoms with Gasteiger partial charge in [0.2, 0.25) is 5.91 Å². The van der Waals surface area contributed by atoms with Gasteiger partial charge in [-0.3, -0.25) is 4.79 Å². The monoisotopic (exact) mass is 426 g/mol. The molecule has 3 aromatic rings. The molecule has 5 nitrogen and oxygen atoms in total. The quantitative estimate of drug-likeness (QED) is 0.526. The fourth-order valence-corrected chi connectivity index (χ4v) is 3.95. The second-order valence-electron chi connectivity index (χ2n) is 7.76. The number of carbonyl (C=O) groups is 1. The van der Waals surface area contributed by atoms with Gasteiger partial charge < -0.3 is 9.88 Å². The van der Waals surface area contributed by atoms with E-state index in [0.29, 0.717) is 22.5 Å². The molecule has 0 radical (unpaired) electrons. The maximum Gasteiger partial charge on any atom is 0.230 e. The minimum absolute atomic E-state index is 0.0836. The van der Waals surface area contributed by atoms with Gasteiger partial charge in [-0.05, 0) is 42.5 Å². The van der Waals surface area contributed by atoms with Crippen LogP contribution in [0.25, 0.3) is 11.4 Å². The lowest BCUT2D eigenvalue weighted by molar-refractivity contribution is -0.119. The van der Waals surface area contributed by atoms with Crippen LogP contribution in [-0.4, -0.2) is 26.4 Å². The molecule has 3 rings (SSSR count). The number of aromatic nitrogens is 3. The third-order valence-corrected chi connectivity index (χ3v) is 5.80. The van der Waals surface area contributed by atoms with E-state index in [0.717, 1.165) is 12.0 Å². The summed E-state index contributed by atoms with van der Waals surface area (Å²) in [5.41, 5.74) is 2.76. The first-order chi connectivity index (χ1) is 14.3. The van der Waals surface area contributed by atoms with Crippen molar-refractivity contribution in [2.75, 3.05) is 5.75 Å². The first kappa shape index (κ1) is 22.0. The van der Waals surface area contributed by atoms with Crippen LogP contribution in [0.5, 0.6) is 0 Å². The first-order valence-electron chi connectivity index (χ1n) is 10.0. The zero-order chi connectivity index (χ0) is 21.7. The Hall–Kier alpha value is -2.67. The van der Waals surface area contributed by atoms with Crippen molar-refractivity contribution >= 4 is 17.7 Å². The standard InChI is InChI=1S/C23H27FN4OS/c1-15(2)13-17-9-11-18(12-10-17)16(3)25-21(29)14-30-23-27-26-22(28(23)4)19-7-5-6-8-20(19)24/h5-12,15-16H,13-14H2,1-4H3,(H,25,29)/t16-/m0/s1. The predicted molar refractivity (Wildman–Crippen MR) is 119 cm³/mol. The van der Waals surface area contributed by atoms with E-state index in [4.69, 9.17) is 0 Å². The van der Waals surface area contributed by atoms with Crippen molar-refractivity contribution in [3.63, 3.8) is 0 Å². The van der Waals surface area contributed by atoms with E-state index in [1.54, 1.807) is 29.8 Å². The van der Waals surface area contributed by atoms with Crippen LogP contribution in [0.2, 0.25) is 0 Å². The van der Waals surface area contributed by atoms with Crippen molar-refractivity contribution < 1.29 is 9.18 Å². The summed E-state index contributed by atoms with van der Waals surface area (Å²) in [4.78, 5) is 12.4. The number of hydrogen-bond acceptors (Lipinski definition) is 4. The summed E-state index contributed by atoms with van der Waals surface area (Å²) in [5, 5.41) is 11.8. The molecule has 0 aliphatic heterocycles. The second-order valence-corrected chi connectivity index (χ2v) is 8.70. The molecule has 0 spiro atoms. The third kappa shape index (κ3) is 5.48. The summed E-state index contributed by atoms with van der Waals surface area (Å²) in [6, 6.07) is 14.7. The molecule has 0 aliphatic carbocycles. The van der Waals surface area contributed by atoms with Gasteiger partial charge in [0.15, 0.2) is 11.0 Å². The van der Waals surface area contributed by atoms with E-state index in [2.05, 4.69) is 53.6 Å². The van der Waals surface area contributed by atoms with Crippen molar-refractivity contribution in [2.24, 2.45) is 13.0 Å². The SMILES string of the molecule is CC(C)Cc1ccc([C@H](C)NC(=O)CSc2nnc(-c3ccccc3F)n2C)cc1. The van der Waals surface area contributed by atoms with Gasteiger partial charge in [-0.25, -0.2) is 4.39 Å². The molecular weight excluding hydrogens is 399 g/mol. The zero-order valence-electron chi connectivity index (χ0n) is 17.7. The lowest BCUT2D eigenvalue weighted by atomic mass is 10.00. The topological polar surface area (TPSA) is 59.8 Å². The lowest BCUT2D eigenvalue weighted by Crippen LogP contribution is -2.28. The summed E-state index contributed by atoms with van der Waals surface area (Å²) in [7, 11) is 1.77. The molecule has 0 bridgehead atoms. The Balaban J connectivity index is 1.56. The van der Waals surface area contributed by atoms with E-state index in [1.807, 2.05) is 6.92 Å². The molecule has 158 valence electrons. The van der Waals surface area contributed by atoms with Crippen molar-refractivity contribution in [1.29, 1.82) is 0 Å². The van der Waals surface area contributed by atoms with Gasteiger partial charge in [0, 0.05) is 7.05 Å². The maximum absolute atomic E-state index is 14.0. The molecular formula is C23H27FN4OS. The molecule has 0 aliphatic rings. The Morgan fingerprint density at radius 3 is 2.47 bits per heavy atom. The number of nitrogens with one attached hydrogen (secondary N) is 1. The van der Waals surface area contributed by atoms with Gasteiger partial charge in [0.05, 0.1) is 17.4 Å². The van der Waals surface area contributed by atoms with Crippen LogP contribution in [0, 0.1) is 11.7 Å². The highest BCUT2D eigenvalue weighted by Crippen LogP contribution is 2.24. The molecule has 1 heterocycles. The summed E-state index contributed by atoms with van der Waals surface area (Å²) in [6.45, 7) is 6.37. The lowest BCUT2D eigenvalue weighted by Gasteiger charge is -2.15. The summed E-state index contributed by atoms with van der Waals surface area (Å²) in [5.74, 6) is 0.819. The van der Waals surface area contributed by atoms with E-state index < -0.39 is 0 Å². The van der Waals surface area contributed by atoms with Crippen molar-refractivity contribution in [2.45, 2.75) is 38.4 Å². The number of rotatable bonds is 8. The molecule has 1 amide bonds. The number of halogens is 1. The molecule has 0 unspecified atom stereocenters. The van der Waals surface area contributed by atoms with Crippen molar-refractivity contribution in [3.8, 4) is 11.4 Å². The number of carbonyl (C=O) groups excluding carboxylic acids is 1. The molecule has 7 heteroatoms. The van der Waals surface area contributed by atoms with Gasteiger partial charge in [-0.15, -0.1) is 10.2 Å². The number of thioether (sulfide) groups is 1. The van der Waals surface area contributed by atoms with Crippen LogP contribution in [0.4, 0.5) is 4.39 Å². The average molecular weight is 427 g/mol. The second kappa shape index (κ2) is 9.89. The fraction of sp³-hybridized carbons (Fsp3) is 0.348. The summed E-state index contributed by atoms with van der Waals surface area (Å²) >= 11 is 1.28. The normalized spacial score (nSPS) is 12.2. The number of benzene rings is 2. The molecule has 0 saturated carbocycles. The van der Waals surface area contributed by atoms with Crippen LogP contribution in [0.1, 0.15) is 37.9 Å². The summed E-state index contributed by atoms with van der Waals surface area (Å²) < 4.78 is 15.7. The van der Waals surface area contributed by atoms with Gasteiger partial charge in [0.1, 0.15) is 5.82 Å². The Morgan fingerprint density at radius 2 is 1.80 bits per heavy atom. The van der Waals surface area contributed by atoms with Crippen LogP contribution >= 0.6 is 11.8 Å². The van der Waals surface area contributed by atoms with E-state index >= 15 is 0 Å². The Morgan fingerprint density at radius 1 is 1.10 bits per heavy atom. The van der Waals surface area contributed by atoms with Crippen LogP contribution < -0.4 is 5.32 Å². The Bertz CT molecular complexity index is 1000. The minimum Gasteiger partial charge on any atom is -0.349 e. The smallest absolute Gasteiger partial charge is 0.230 e. The molecule has 30 heavy (non-hydrogen) atoms. The fourth-order valence-electron chi connectivity index (χ4n) is 3.23. The Labute approximate surface area is 181 Å². The van der Waals surface area contributed by atoms with Crippen molar-refractivity contribution in [3.05, 3.63) is 65.5 Å². The van der Waals surface area contributed by atoms with Crippen molar-refractivity contribution in [1.82, 2.24) is 20.1 Å². The number of amides is 1. The highest BCUT2D eigenvalue weighted by molar-refractivity contribution is 7.99. The van der Waals surface area contributed by atoms with E-state index in [1.165, 1.54) is 23.4 Å².